The van der Waals surface area contributed by atoms with Crippen LogP contribution in [-0.2, 0) is 11.2 Å². The summed E-state index contributed by atoms with van der Waals surface area (Å²) < 4.78 is 13.2. The Hall–Kier alpha value is -1.95. The first-order valence-corrected chi connectivity index (χ1v) is 10.2. The Morgan fingerprint density at radius 3 is 2.72 bits per heavy atom. The number of hydrogen-bond acceptors (Lipinski definition) is 4. The summed E-state index contributed by atoms with van der Waals surface area (Å²) in [5.74, 6) is 1.34. The van der Waals surface area contributed by atoms with Gasteiger partial charge in [-0.2, -0.15) is 0 Å². The van der Waals surface area contributed by atoms with Crippen molar-refractivity contribution in [3.8, 4) is 0 Å². The molecule has 1 unspecified atom stereocenters. The van der Waals surface area contributed by atoms with E-state index in [2.05, 4.69) is 48.0 Å². The van der Waals surface area contributed by atoms with Crippen molar-refractivity contribution in [2.75, 3.05) is 4.90 Å². The van der Waals surface area contributed by atoms with Crippen LogP contribution < -0.4 is 4.90 Å². The Bertz CT molecular complexity index is 1000. The number of fused-ring (bicyclic) bond motifs is 4. The van der Waals surface area contributed by atoms with Crippen LogP contribution in [-0.4, -0.2) is 9.54 Å². The van der Waals surface area contributed by atoms with Crippen LogP contribution in [0.2, 0.25) is 0 Å². The second-order valence-corrected chi connectivity index (χ2v) is 9.02. The highest BCUT2D eigenvalue weighted by Gasteiger charge is 2.40. The highest BCUT2D eigenvalue weighted by Crippen LogP contribution is 2.57. The molecule has 3 heterocycles. The van der Waals surface area contributed by atoms with Gasteiger partial charge in [0.25, 0.3) is 0 Å². The maximum Gasteiger partial charge on any atom is 0.183 e. The molecule has 0 aliphatic carbocycles. The molecule has 3 aromatic rings. The Morgan fingerprint density at radius 2 is 1.88 bits per heavy atom. The minimum atomic E-state index is -1.17. The first kappa shape index (κ1) is 15.3. The number of anilines is 3. The van der Waals surface area contributed by atoms with Crippen LogP contribution in [0.5, 0.6) is 0 Å². The van der Waals surface area contributed by atoms with Gasteiger partial charge >= 0.3 is 0 Å². The molecule has 0 fully saturated rings. The maximum absolute atomic E-state index is 13.2. The molecule has 0 saturated heterocycles. The lowest BCUT2D eigenvalue weighted by Crippen LogP contribution is -2.25. The highest BCUT2D eigenvalue weighted by molar-refractivity contribution is 8.00. The van der Waals surface area contributed by atoms with Crippen LogP contribution in [0, 0.1) is 0 Å². The Balaban J connectivity index is 1.85. The van der Waals surface area contributed by atoms with Crippen LogP contribution in [0.3, 0.4) is 0 Å². The largest absolute Gasteiger partial charge is 0.606 e. The summed E-state index contributed by atoms with van der Waals surface area (Å²) in [6.07, 6.45) is 1.82. The molecule has 0 saturated carbocycles. The van der Waals surface area contributed by atoms with Crippen LogP contribution in [0.1, 0.15) is 25.3 Å². The summed E-state index contributed by atoms with van der Waals surface area (Å²) >= 11 is 0.528. The van der Waals surface area contributed by atoms with E-state index in [-0.39, 0.29) is 0 Å². The number of benzene rings is 2. The van der Waals surface area contributed by atoms with Gasteiger partial charge in [-0.05, 0) is 47.9 Å². The minimum Gasteiger partial charge on any atom is -0.606 e. The van der Waals surface area contributed by atoms with Crippen LogP contribution in [0.4, 0.5) is 17.2 Å². The first-order chi connectivity index (χ1) is 12.1. The molecule has 0 spiro atoms. The zero-order chi connectivity index (χ0) is 17.1. The van der Waals surface area contributed by atoms with Crippen molar-refractivity contribution in [1.82, 2.24) is 4.98 Å². The van der Waals surface area contributed by atoms with Gasteiger partial charge in [0, 0.05) is 22.3 Å². The van der Waals surface area contributed by atoms with Crippen molar-refractivity contribution in [2.24, 2.45) is 0 Å². The summed E-state index contributed by atoms with van der Waals surface area (Å²) in [6.45, 7) is 4.36. The molecule has 5 rings (SSSR count). The predicted molar refractivity (Wildman–Crippen MR) is 102 cm³/mol. The molecule has 0 N–H and O–H groups in total. The van der Waals surface area contributed by atoms with Gasteiger partial charge in [-0.3, -0.25) is 4.90 Å². The van der Waals surface area contributed by atoms with Crippen molar-refractivity contribution in [3.05, 3.63) is 60.3 Å². The molecule has 3 nitrogen and oxygen atoms in total. The third-order valence-corrected chi connectivity index (χ3v) is 7.22. The summed E-state index contributed by atoms with van der Waals surface area (Å²) in [6, 6.07) is 16.4. The second kappa shape index (κ2) is 5.53. The zero-order valence-electron chi connectivity index (χ0n) is 13.9. The standard InChI is InChI=1S/C20H16N2OS2/c1-12(2)13-8-9-17-14(11-13)22-19-15(5-3-7-18(19)25(17)23)24-16-6-4-10-21-20(16)22/h3-12H,1-2H3. The smallest absolute Gasteiger partial charge is 0.183 e. The van der Waals surface area contributed by atoms with E-state index >= 15 is 0 Å². The number of aromatic nitrogens is 1. The molecular weight excluding hydrogens is 348 g/mol. The first-order valence-electron chi connectivity index (χ1n) is 8.27. The van der Waals surface area contributed by atoms with E-state index < -0.39 is 11.2 Å². The highest BCUT2D eigenvalue weighted by atomic mass is 32.2. The van der Waals surface area contributed by atoms with E-state index in [9.17, 15) is 4.55 Å². The van der Waals surface area contributed by atoms with E-state index in [0.717, 1.165) is 36.8 Å². The molecule has 1 aromatic heterocycles. The Kier molecular flexibility index (Phi) is 3.39. The van der Waals surface area contributed by atoms with Crippen molar-refractivity contribution >= 4 is 40.1 Å². The average molecular weight is 364 g/mol. The summed E-state index contributed by atoms with van der Waals surface area (Å²) in [5, 5.41) is 0. The summed E-state index contributed by atoms with van der Waals surface area (Å²) in [7, 11) is 0. The van der Waals surface area contributed by atoms with E-state index in [1.54, 1.807) is 11.8 Å². The molecule has 2 aliphatic heterocycles. The molecule has 5 heteroatoms. The van der Waals surface area contributed by atoms with Crippen LogP contribution in [0.15, 0.2) is 74.3 Å². The van der Waals surface area contributed by atoms with Gasteiger partial charge in [0.05, 0.1) is 4.90 Å². The molecule has 25 heavy (non-hydrogen) atoms. The number of pyridine rings is 1. The van der Waals surface area contributed by atoms with Gasteiger partial charge < -0.3 is 4.55 Å². The fraction of sp³-hybridized carbons (Fsp3) is 0.150. The maximum atomic E-state index is 13.2. The van der Waals surface area contributed by atoms with Crippen LogP contribution in [0.25, 0.3) is 0 Å². The van der Waals surface area contributed by atoms with Crippen molar-refractivity contribution in [1.29, 1.82) is 0 Å². The van der Waals surface area contributed by atoms with E-state index in [1.807, 2.05) is 30.5 Å². The van der Waals surface area contributed by atoms with Crippen molar-refractivity contribution in [2.45, 2.75) is 39.3 Å². The van der Waals surface area contributed by atoms with E-state index in [1.165, 1.54) is 5.56 Å². The molecule has 0 amide bonds. The van der Waals surface area contributed by atoms with Crippen molar-refractivity contribution < 1.29 is 4.55 Å². The normalized spacial score (nSPS) is 17.1. The Labute approximate surface area is 154 Å². The van der Waals surface area contributed by atoms with Gasteiger partial charge in [0.15, 0.2) is 15.6 Å². The van der Waals surface area contributed by atoms with E-state index in [0.29, 0.717) is 5.92 Å². The topological polar surface area (TPSA) is 39.2 Å². The van der Waals surface area contributed by atoms with Gasteiger partial charge in [0.1, 0.15) is 11.4 Å². The molecule has 0 bridgehead atoms. The third kappa shape index (κ3) is 2.16. The number of nitrogens with zero attached hydrogens (tertiary/aromatic N) is 2. The molecule has 0 radical (unpaired) electrons. The minimum absolute atomic E-state index is 0.415. The van der Waals surface area contributed by atoms with Gasteiger partial charge in [-0.25, -0.2) is 4.98 Å². The zero-order valence-corrected chi connectivity index (χ0v) is 15.5. The summed E-state index contributed by atoms with van der Waals surface area (Å²) in [4.78, 5) is 10.8. The lowest BCUT2D eigenvalue weighted by atomic mass is 10.0. The van der Waals surface area contributed by atoms with Crippen molar-refractivity contribution in [3.63, 3.8) is 0 Å². The fourth-order valence-electron chi connectivity index (χ4n) is 3.39. The van der Waals surface area contributed by atoms with Crippen LogP contribution >= 0.6 is 11.8 Å². The average Bonchev–Trinajstić information content (AvgIpc) is 2.64. The summed E-state index contributed by atoms with van der Waals surface area (Å²) in [5.41, 5.74) is 3.25. The lowest BCUT2D eigenvalue weighted by molar-refractivity contribution is 0.593. The SMILES string of the molecule is CC(C)c1ccc2c(c1)N1c3ncccc3Sc3cccc(c31)[S+]2[O-]. The number of para-hydroxylation sites is 1. The Morgan fingerprint density at radius 1 is 1.04 bits per heavy atom. The molecule has 2 aliphatic rings. The van der Waals surface area contributed by atoms with Gasteiger partial charge in [0.2, 0.25) is 0 Å². The number of rotatable bonds is 1. The molecule has 124 valence electrons. The van der Waals surface area contributed by atoms with Gasteiger partial charge in [-0.1, -0.05) is 37.7 Å². The monoisotopic (exact) mass is 364 g/mol. The molecule has 2 aromatic carbocycles. The van der Waals surface area contributed by atoms with E-state index in [4.69, 9.17) is 0 Å². The lowest BCUT2D eigenvalue weighted by Gasteiger charge is -2.37. The number of hydrogen-bond donors (Lipinski definition) is 0. The quantitative estimate of drug-likeness (QED) is 0.411. The fourth-order valence-corrected chi connectivity index (χ4v) is 5.86. The molecular formula is C20H16N2OS2. The second-order valence-electron chi connectivity index (χ2n) is 6.52. The van der Waals surface area contributed by atoms with Gasteiger partial charge in [-0.15, -0.1) is 0 Å². The predicted octanol–water partition coefficient (Wildman–Crippen LogP) is 5.62. The third-order valence-electron chi connectivity index (χ3n) is 4.66. The molecule has 1 atom stereocenters.